The van der Waals surface area contributed by atoms with Gasteiger partial charge in [0.15, 0.2) is 0 Å². The maximum absolute atomic E-state index is 12.7. The minimum Gasteiger partial charge on any atom is -0.378 e. The summed E-state index contributed by atoms with van der Waals surface area (Å²) >= 11 is 6.04. The molecule has 0 spiro atoms. The second-order valence-corrected chi connectivity index (χ2v) is 7.29. The Balaban J connectivity index is 1.40. The summed E-state index contributed by atoms with van der Waals surface area (Å²) in [5, 5.41) is 0.700. The number of imidazole rings is 1. The number of rotatable bonds is 3. The van der Waals surface area contributed by atoms with Crippen LogP contribution < -0.4 is 0 Å². The van der Waals surface area contributed by atoms with Crippen LogP contribution in [0, 0.1) is 5.92 Å². The minimum atomic E-state index is 0.0957. The standard InChI is InChI=1S/C18H23ClN4O2/c19-15-3-4-17-20-16(13-23(17)11-15)12-21-5-1-2-14(10-21)18(24)22-6-8-25-9-7-22/h3-4,11,13-14H,1-2,5-10,12H2. The molecule has 7 heteroatoms. The summed E-state index contributed by atoms with van der Waals surface area (Å²) in [6, 6.07) is 3.78. The van der Waals surface area contributed by atoms with Crippen molar-refractivity contribution < 1.29 is 9.53 Å². The van der Waals surface area contributed by atoms with Crippen molar-refractivity contribution >= 4 is 23.2 Å². The van der Waals surface area contributed by atoms with Crippen molar-refractivity contribution in [2.45, 2.75) is 19.4 Å². The van der Waals surface area contributed by atoms with E-state index >= 15 is 0 Å². The second kappa shape index (κ2) is 7.32. The molecule has 2 fully saturated rings. The van der Waals surface area contributed by atoms with Gasteiger partial charge in [0, 0.05) is 38.6 Å². The first-order valence-corrected chi connectivity index (χ1v) is 9.29. The Bertz CT molecular complexity index is 757. The Morgan fingerprint density at radius 1 is 1.24 bits per heavy atom. The molecule has 134 valence electrons. The zero-order valence-electron chi connectivity index (χ0n) is 14.2. The van der Waals surface area contributed by atoms with Crippen LogP contribution in [-0.4, -0.2) is 64.5 Å². The number of amides is 1. The van der Waals surface area contributed by atoms with Gasteiger partial charge in [-0.1, -0.05) is 11.6 Å². The van der Waals surface area contributed by atoms with E-state index in [1.165, 1.54) is 0 Å². The summed E-state index contributed by atoms with van der Waals surface area (Å²) in [6.07, 6.45) is 5.93. The van der Waals surface area contributed by atoms with Crippen LogP contribution in [0.5, 0.6) is 0 Å². The lowest BCUT2D eigenvalue weighted by Crippen LogP contribution is -2.48. The molecule has 0 saturated carbocycles. The molecule has 25 heavy (non-hydrogen) atoms. The number of nitrogens with zero attached hydrogens (tertiary/aromatic N) is 4. The van der Waals surface area contributed by atoms with Gasteiger partial charge < -0.3 is 14.0 Å². The van der Waals surface area contributed by atoms with Gasteiger partial charge in [0.25, 0.3) is 0 Å². The van der Waals surface area contributed by atoms with Gasteiger partial charge in [-0.25, -0.2) is 4.98 Å². The molecule has 1 amide bonds. The number of likely N-dealkylation sites (tertiary alicyclic amines) is 1. The smallest absolute Gasteiger partial charge is 0.227 e. The fraction of sp³-hybridized carbons (Fsp3) is 0.556. The number of carbonyl (C=O) groups excluding carboxylic acids is 1. The van der Waals surface area contributed by atoms with E-state index in [1.54, 1.807) is 0 Å². The highest BCUT2D eigenvalue weighted by Crippen LogP contribution is 2.21. The van der Waals surface area contributed by atoms with E-state index in [1.807, 2.05) is 33.8 Å². The number of pyridine rings is 1. The summed E-state index contributed by atoms with van der Waals surface area (Å²) in [6.45, 7) is 5.36. The van der Waals surface area contributed by atoms with Crippen LogP contribution in [0.2, 0.25) is 5.02 Å². The van der Waals surface area contributed by atoms with Crippen molar-refractivity contribution in [3.05, 3.63) is 35.2 Å². The number of aromatic nitrogens is 2. The molecule has 0 bridgehead atoms. The Morgan fingerprint density at radius 2 is 2.08 bits per heavy atom. The maximum atomic E-state index is 12.7. The van der Waals surface area contributed by atoms with Gasteiger partial charge in [-0.3, -0.25) is 9.69 Å². The van der Waals surface area contributed by atoms with E-state index < -0.39 is 0 Å². The lowest BCUT2D eigenvalue weighted by Gasteiger charge is -2.35. The van der Waals surface area contributed by atoms with Crippen LogP contribution in [-0.2, 0) is 16.1 Å². The molecule has 0 aromatic carbocycles. The van der Waals surface area contributed by atoms with Gasteiger partial charge in [-0.2, -0.15) is 0 Å². The van der Waals surface area contributed by atoms with Crippen LogP contribution in [0.4, 0.5) is 0 Å². The third-order valence-electron chi connectivity index (χ3n) is 5.03. The first-order valence-electron chi connectivity index (χ1n) is 8.91. The molecule has 1 atom stereocenters. The topological polar surface area (TPSA) is 50.1 Å². The number of hydrogen-bond acceptors (Lipinski definition) is 4. The van der Waals surface area contributed by atoms with Gasteiger partial charge >= 0.3 is 0 Å². The number of piperidine rings is 1. The summed E-state index contributed by atoms with van der Waals surface area (Å²) < 4.78 is 7.31. The molecular formula is C18H23ClN4O2. The van der Waals surface area contributed by atoms with Crippen LogP contribution in [0.1, 0.15) is 18.5 Å². The first kappa shape index (κ1) is 16.8. The molecule has 0 N–H and O–H groups in total. The van der Waals surface area contributed by atoms with Gasteiger partial charge in [0.1, 0.15) is 5.65 Å². The van der Waals surface area contributed by atoms with Crippen LogP contribution in [0.25, 0.3) is 5.65 Å². The molecule has 2 aliphatic rings. The van der Waals surface area contributed by atoms with Gasteiger partial charge in [0.05, 0.1) is 29.8 Å². The van der Waals surface area contributed by atoms with E-state index in [2.05, 4.69) is 9.88 Å². The van der Waals surface area contributed by atoms with Crippen LogP contribution in [0.3, 0.4) is 0 Å². The third-order valence-corrected chi connectivity index (χ3v) is 5.25. The molecule has 4 rings (SSSR count). The fourth-order valence-electron chi connectivity index (χ4n) is 3.77. The Labute approximate surface area is 152 Å². The van der Waals surface area contributed by atoms with E-state index in [0.29, 0.717) is 18.2 Å². The van der Waals surface area contributed by atoms with Crippen molar-refractivity contribution in [1.29, 1.82) is 0 Å². The van der Waals surface area contributed by atoms with Crippen molar-refractivity contribution in [2.24, 2.45) is 5.92 Å². The number of halogens is 1. The van der Waals surface area contributed by atoms with Crippen LogP contribution >= 0.6 is 11.6 Å². The first-order chi connectivity index (χ1) is 12.2. The lowest BCUT2D eigenvalue weighted by molar-refractivity contribution is -0.141. The number of ether oxygens (including phenoxy) is 1. The maximum Gasteiger partial charge on any atom is 0.227 e. The SMILES string of the molecule is O=C(C1CCCN(Cc2cn3cc(Cl)ccc3n2)C1)N1CCOCC1. The lowest BCUT2D eigenvalue weighted by atomic mass is 9.96. The Morgan fingerprint density at radius 3 is 2.92 bits per heavy atom. The highest BCUT2D eigenvalue weighted by Gasteiger charge is 2.30. The highest BCUT2D eigenvalue weighted by atomic mass is 35.5. The second-order valence-electron chi connectivity index (χ2n) is 6.86. The zero-order chi connectivity index (χ0) is 17.2. The number of carbonyl (C=O) groups is 1. The highest BCUT2D eigenvalue weighted by molar-refractivity contribution is 6.30. The molecule has 6 nitrogen and oxygen atoms in total. The predicted molar refractivity (Wildman–Crippen MR) is 95.6 cm³/mol. The van der Waals surface area contributed by atoms with Crippen molar-refractivity contribution in [2.75, 3.05) is 39.4 Å². The Kier molecular flexibility index (Phi) is 4.92. The molecule has 2 aromatic heterocycles. The normalized spacial score (nSPS) is 22.4. The third kappa shape index (κ3) is 3.81. The largest absolute Gasteiger partial charge is 0.378 e. The summed E-state index contributed by atoms with van der Waals surface area (Å²) in [7, 11) is 0. The molecule has 2 aliphatic heterocycles. The summed E-state index contributed by atoms with van der Waals surface area (Å²) in [5.41, 5.74) is 1.92. The van der Waals surface area contributed by atoms with Gasteiger partial charge in [0.2, 0.25) is 5.91 Å². The van der Waals surface area contributed by atoms with Crippen molar-refractivity contribution in [3.8, 4) is 0 Å². The minimum absolute atomic E-state index is 0.0957. The monoisotopic (exact) mass is 362 g/mol. The molecule has 2 aromatic rings. The number of morpholine rings is 1. The molecular weight excluding hydrogens is 340 g/mol. The number of fused-ring (bicyclic) bond motifs is 1. The molecule has 0 radical (unpaired) electrons. The zero-order valence-corrected chi connectivity index (χ0v) is 15.0. The fourth-order valence-corrected chi connectivity index (χ4v) is 3.93. The Hall–Kier alpha value is -1.63. The van der Waals surface area contributed by atoms with E-state index in [9.17, 15) is 4.79 Å². The molecule has 0 aliphatic carbocycles. The average molecular weight is 363 g/mol. The van der Waals surface area contributed by atoms with E-state index in [0.717, 1.165) is 56.9 Å². The van der Waals surface area contributed by atoms with Gasteiger partial charge in [-0.15, -0.1) is 0 Å². The molecule has 1 unspecified atom stereocenters. The summed E-state index contributed by atoms with van der Waals surface area (Å²) in [5.74, 6) is 0.383. The molecule has 2 saturated heterocycles. The van der Waals surface area contributed by atoms with E-state index in [4.69, 9.17) is 16.3 Å². The predicted octanol–water partition coefficient (Wildman–Crippen LogP) is 2.06. The molecule has 4 heterocycles. The summed E-state index contributed by atoms with van der Waals surface area (Å²) in [4.78, 5) is 21.7. The van der Waals surface area contributed by atoms with Gasteiger partial charge in [-0.05, 0) is 31.5 Å². The van der Waals surface area contributed by atoms with Crippen LogP contribution in [0.15, 0.2) is 24.5 Å². The average Bonchev–Trinajstić information content (AvgIpc) is 3.03. The van der Waals surface area contributed by atoms with Crippen molar-refractivity contribution in [1.82, 2.24) is 19.2 Å². The van der Waals surface area contributed by atoms with Crippen molar-refractivity contribution in [3.63, 3.8) is 0 Å². The quantitative estimate of drug-likeness (QED) is 0.838. The van der Waals surface area contributed by atoms with E-state index in [-0.39, 0.29) is 11.8 Å². The number of hydrogen-bond donors (Lipinski definition) is 0.